The van der Waals surface area contributed by atoms with Crippen LogP contribution in [0, 0.1) is 5.92 Å². The van der Waals surface area contributed by atoms with Crippen molar-refractivity contribution >= 4 is 5.96 Å². The van der Waals surface area contributed by atoms with Gasteiger partial charge in [-0.25, -0.2) is 0 Å². The van der Waals surface area contributed by atoms with E-state index in [0.29, 0.717) is 18.6 Å². The molecule has 0 aliphatic carbocycles. The summed E-state index contributed by atoms with van der Waals surface area (Å²) in [7, 11) is 3.57. The van der Waals surface area contributed by atoms with Crippen molar-refractivity contribution < 1.29 is 14.2 Å². The van der Waals surface area contributed by atoms with E-state index in [1.165, 1.54) is 0 Å². The number of piperidine rings is 1. The first-order chi connectivity index (χ1) is 13.6. The molecule has 1 aliphatic heterocycles. The van der Waals surface area contributed by atoms with Crippen molar-refractivity contribution in [3.8, 4) is 5.75 Å². The van der Waals surface area contributed by atoms with Crippen LogP contribution in [0.15, 0.2) is 29.3 Å². The Morgan fingerprint density at radius 2 is 1.96 bits per heavy atom. The first-order valence-corrected chi connectivity index (χ1v) is 10.4. The second-order valence-electron chi connectivity index (χ2n) is 7.62. The van der Waals surface area contributed by atoms with Crippen LogP contribution in [0.25, 0.3) is 0 Å². The summed E-state index contributed by atoms with van der Waals surface area (Å²) in [5.74, 6) is 2.39. The number of aliphatic imine (C=N–C) groups is 1. The van der Waals surface area contributed by atoms with Gasteiger partial charge < -0.3 is 24.4 Å². The van der Waals surface area contributed by atoms with Crippen LogP contribution < -0.4 is 10.1 Å². The minimum Gasteiger partial charge on any atom is -0.493 e. The summed E-state index contributed by atoms with van der Waals surface area (Å²) in [5, 5.41) is 3.50. The van der Waals surface area contributed by atoms with Crippen LogP contribution in [0.1, 0.15) is 38.7 Å². The Balaban J connectivity index is 1.79. The third-order valence-electron chi connectivity index (χ3n) is 4.78. The second kappa shape index (κ2) is 12.6. The third-order valence-corrected chi connectivity index (χ3v) is 4.78. The Morgan fingerprint density at radius 3 is 2.64 bits per heavy atom. The molecule has 1 fully saturated rings. The van der Waals surface area contributed by atoms with Crippen LogP contribution in [0.4, 0.5) is 0 Å². The number of hydrogen-bond acceptors (Lipinski definition) is 4. The Hall–Kier alpha value is -1.79. The van der Waals surface area contributed by atoms with Crippen LogP contribution >= 0.6 is 0 Å². The van der Waals surface area contributed by atoms with Crippen molar-refractivity contribution in [3.63, 3.8) is 0 Å². The number of ether oxygens (including phenoxy) is 3. The lowest BCUT2D eigenvalue weighted by atomic mass is 10.1. The number of hydrogen-bond donors (Lipinski definition) is 1. The molecule has 1 saturated heterocycles. The molecule has 0 amide bonds. The molecule has 1 aromatic rings. The smallest absolute Gasteiger partial charge is 0.193 e. The molecule has 1 heterocycles. The highest BCUT2D eigenvalue weighted by atomic mass is 16.5. The number of methoxy groups -OCH3 is 1. The third kappa shape index (κ3) is 7.68. The van der Waals surface area contributed by atoms with Gasteiger partial charge >= 0.3 is 0 Å². The summed E-state index contributed by atoms with van der Waals surface area (Å²) >= 11 is 0. The Labute approximate surface area is 170 Å². The fourth-order valence-electron chi connectivity index (χ4n) is 3.24. The van der Waals surface area contributed by atoms with Crippen LogP contribution in [-0.4, -0.2) is 64.0 Å². The summed E-state index contributed by atoms with van der Waals surface area (Å²) in [6.07, 6.45) is 3.36. The van der Waals surface area contributed by atoms with Crippen LogP contribution in [0.5, 0.6) is 5.75 Å². The summed E-state index contributed by atoms with van der Waals surface area (Å²) in [6.45, 7) is 9.20. The minimum atomic E-state index is 0.344. The van der Waals surface area contributed by atoms with Gasteiger partial charge in [0.05, 0.1) is 12.7 Å². The molecule has 2 rings (SSSR count). The minimum absolute atomic E-state index is 0.344. The highest BCUT2D eigenvalue weighted by Crippen LogP contribution is 2.19. The van der Waals surface area contributed by atoms with E-state index in [0.717, 1.165) is 69.4 Å². The predicted molar refractivity (Wildman–Crippen MR) is 114 cm³/mol. The summed E-state index contributed by atoms with van der Waals surface area (Å²) in [4.78, 5) is 6.79. The lowest BCUT2D eigenvalue weighted by molar-refractivity contribution is 0.00989. The molecular formula is C22H37N3O3. The molecule has 0 unspecified atom stereocenters. The maximum Gasteiger partial charge on any atom is 0.193 e. The molecule has 0 radical (unpaired) electrons. The molecule has 0 bridgehead atoms. The number of guanidine groups is 1. The maximum absolute atomic E-state index is 5.96. The van der Waals surface area contributed by atoms with Crippen molar-refractivity contribution in [2.75, 3.05) is 47.1 Å². The zero-order valence-electron chi connectivity index (χ0n) is 17.9. The van der Waals surface area contributed by atoms with E-state index in [2.05, 4.69) is 41.2 Å². The molecule has 0 spiro atoms. The molecule has 1 N–H and O–H groups in total. The van der Waals surface area contributed by atoms with Gasteiger partial charge in [-0.2, -0.15) is 0 Å². The molecule has 6 nitrogen and oxygen atoms in total. The topological polar surface area (TPSA) is 55.3 Å². The standard InChI is InChI=1S/C22H37N3O3/c1-18(2)17-28-21-9-6-5-8-19(21)16-24-22(23-3)25-12-10-20(11-13-25)27-15-7-14-26-4/h5-6,8-9,18,20H,7,10-17H2,1-4H3,(H,23,24). The maximum atomic E-state index is 5.96. The highest BCUT2D eigenvalue weighted by molar-refractivity contribution is 5.80. The van der Waals surface area contributed by atoms with Gasteiger partial charge in [-0.15, -0.1) is 0 Å². The fourth-order valence-corrected chi connectivity index (χ4v) is 3.24. The molecule has 28 heavy (non-hydrogen) atoms. The molecule has 158 valence electrons. The molecule has 0 saturated carbocycles. The van der Waals surface area contributed by atoms with Crippen molar-refractivity contribution in [1.29, 1.82) is 0 Å². The average Bonchev–Trinajstić information content (AvgIpc) is 2.71. The first-order valence-electron chi connectivity index (χ1n) is 10.4. The van der Waals surface area contributed by atoms with Gasteiger partial charge in [-0.05, 0) is 31.2 Å². The van der Waals surface area contributed by atoms with E-state index in [9.17, 15) is 0 Å². The van der Waals surface area contributed by atoms with Crippen molar-refractivity contribution in [2.45, 2.75) is 45.8 Å². The second-order valence-corrected chi connectivity index (χ2v) is 7.62. The van der Waals surface area contributed by atoms with E-state index in [4.69, 9.17) is 14.2 Å². The quantitative estimate of drug-likeness (QED) is 0.377. The van der Waals surface area contributed by atoms with Gasteiger partial charge in [0.1, 0.15) is 5.75 Å². The largest absolute Gasteiger partial charge is 0.493 e. The summed E-state index contributed by atoms with van der Waals surface area (Å²) in [5.41, 5.74) is 1.15. The zero-order valence-corrected chi connectivity index (χ0v) is 17.9. The van der Waals surface area contributed by atoms with Gasteiger partial charge in [0.25, 0.3) is 0 Å². The van der Waals surface area contributed by atoms with Crippen molar-refractivity contribution in [1.82, 2.24) is 10.2 Å². The molecule has 1 aromatic carbocycles. The highest BCUT2D eigenvalue weighted by Gasteiger charge is 2.22. The SMILES string of the molecule is CN=C(NCc1ccccc1OCC(C)C)N1CCC(OCCCOC)CC1. The summed E-state index contributed by atoms with van der Waals surface area (Å²) in [6, 6.07) is 8.21. The van der Waals surface area contributed by atoms with Gasteiger partial charge in [-0.1, -0.05) is 32.0 Å². The lowest BCUT2D eigenvalue weighted by Gasteiger charge is -2.34. The number of nitrogens with zero attached hydrogens (tertiary/aromatic N) is 2. The number of para-hydroxylation sites is 1. The average molecular weight is 392 g/mol. The lowest BCUT2D eigenvalue weighted by Crippen LogP contribution is -2.46. The van der Waals surface area contributed by atoms with Crippen LogP contribution in [0.2, 0.25) is 0 Å². The van der Waals surface area contributed by atoms with Crippen LogP contribution in [0.3, 0.4) is 0 Å². The molecular weight excluding hydrogens is 354 g/mol. The van der Waals surface area contributed by atoms with E-state index in [1.807, 2.05) is 19.2 Å². The monoisotopic (exact) mass is 391 g/mol. The summed E-state index contributed by atoms with van der Waals surface area (Å²) < 4.78 is 17.0. The Kier molecular flexibility index (Phi) is 10.1. The predicted octanol–water partition coefficient (Wildman–Crippen LogP) is 3.31. The Bertz CT molecular complexity index is 584. The fraction of sp³-hybridized carbons (Fsp3) is 0.682. The number of benzene rings is 1. The van der Waals surface area contributed by atoms with E-state index in [-0.39, 0.29) is 0 Å². The molecule has 0 aromatic heterocycles. The first kappa shape index (κ1) is 22.5. The van der Waals surface area contributed by atoms with Crippen LogP contribution in [-0.2, 0) is 16.0 Å². The number of rotatable bonds is 10. The number of nitrogens with one attached hydrogen (secondary N) is 1. The van der Waals surface area contributed by atoms with E-state index >= 15 is 0 Å². The molecule has 0 atom stereocenters. The van der Waals surface area contributed by atoms with Crippen molar-refractivity contribution in [3.05, 3.63) is 29.8 Å². The van der Waals surface area contributed by atoms with E-state index in [1.54, 1.807) is 7.11 Å². The zero-order chi connectivity index (χ0) is 20.2. The van der Waals surface area contributed by atoms with E-state index < -0.39 is 0 Å². The molecule has 6 heteroatoms. The van der Waals surface area contributed by atoms with Gasteiger partial charge in [0, 0.05) is 52.6 Å². The normalized spacial score (nSPS) is 15.9. The van der Waals surface area contributed by atoms with Gasteiger partial charge in [0.2, 0.25) is 0 Å². The van der Waals surface area contributed by atoms with Gasteiger partial charge in [-0.3, -0.25) is 4.99 Å². The Morgan fingerprint density at radius 1 is 1.21 bits per heavy atom. The number of likely N-dealkylation sites (tertiary alicyclic amines) is 1. The molecule has 1 aliphatic rings. The van der Waals surface area contributed by atoms with Crippen molar-refractivity contribution in [2.24, 2.45) is 10.9 Å². The van der Waals surface area contributed by atoms with Gasteiger partial charge in [0.15, 0.2) is 5.96 Å².